The molecule has 0 N–H and O–H groups in total. The summed E-state index contributed by atoms with van der Waals surface area (Å²) in [5, 5.41) is 0. The summed E-state index contributed by atoms with van der Waals surface area (Å²) in [6.45, 7) is 5.25. The normalized spacial score (nSPS) is 26.4. The first-order valence-electron chi connectivity index (χ1n) is 6.34. The zero-order valence-corrected chi connectivity index (χ0v) is 11.8. The van der Waals surface area contributed by atoms with Crippen LogP contribution < -0.4 is 0 Å². The molecule has 0 aromatic heterocycles. The molecule has 0 bridgehead atoms. The van der Waals surface area contributed by atoms with Gasteiger partial charge in [-0.2, -0.15) is 17.0 Å². The second-order valence-corrected chi connectivity index (χ2v) is 7.45. The van der Waals surface area contributed by atoms with Crippen LogP contribution in [-0.2, 0) is 10.2 Å². The van der Waals surface area contributed by atoms with Gasteiger partial charge in [-0.1, -0.05) is 0 Å². The number of hydrogen-bond acceptors (Lipinski definition) is 3. The van der Waals surface area contributed by atoms with E-state index < -0.39 is 10.2 Å². The zero-order chi connectivity index (χ0) is 12.6. The monoisotopic (exact) mass is 261 g/mol. The first-order chi connectivity index (χ1) is 7.93. The van der Waals surface area contributed by atoms with Crippen molar-refractivity contribution in [2.75, 3.05) is 40.3 Å². The van der Waals surface area contributed by atoms with E-state index in [9.17, 15) is 8.42 Å². The van der Waals surface area contributed by atoms with E-state index >= 15 is 0 Å². The predicted molar refractivity (Wildman–Crippen MR) is 67.9 cm³/mol. The van der Waals surface area contributed by atoms with E-state index in [-0.39, 0.29) is 0 Å². The molecule has 1 unspecified atom stereocenters. The molecule has 1 heterocycles. The lowest BCUT2D eigenvalue weighted by atomic mass is 10.1. The Morgan fingerprint density at radius 3 is 2.06 bits per heavy atom. The molecule has 1 saturated heterocycles. The quantitative estimate of drug-likeness (QED) is 0.726. The van der Waals surface area contributed by atoms with Crippen LogP contribution in [0.25, 0.3) is 0 Å². The molecule has 0 amide bonds. The summed E-state index contributed by atoms with van der Waals surface area (Å²) < 4.78 is 26.8. The number of hydrogen-bond donors (Lipinski definition) is 0. The lowest BCUT2D eigenvalue weighted by Crippen LogP contribution is -2.53. The highest BCUT2D eigenvalue weighted by molar-refractivity contribution is 7.86. The summed E-state index contributed by atoms with van der Waals surface area (Å²) in [6.07, 6.45) is 2.69. The lowest BCUT2D eigenvalue weighted by molar-refractivity contribution is 0.130. The summed E-state index contributed by atoms with van der Waals surface area (Å²) in [5.74, 6) is 0.854. The van der Waals surface area contributed by atoms with Gasteiger partial charge in [0.2, 0.25) is 0 Å². The van der Waals surface area contributed by atoms with Crippen LogP contribution in [0.5, 0.6) is 0 Å². The average Bonchev–Trinajstić information content (AvgIpc) is 3.12. The maximum atomic E-state index is 11.9. The minimum absolute atomic E-state index is 0.623. The van der Waals surface area contributed by atoms with Gasteiger partial charge >= 0.3 is 0 Å². The number of nitrogens with zero attached hydrogens (tertiary/aromatic N) is 3. The molecular weight excluding hydrogens is 238 g/mol. The highest BCUT2D eigenvalue weighted by Gasteiger charge is 2.35. The largest absolute Gasteiger partial charge is 0.298 e. The second kappa shape index (κ2) is 4.84. The molecule has 0 radical (unpaired) electrons. The molecule has 1 aliphatic heterocycles. The Balaban J connectivity index is 1.89. The van der Waals surface area contributed by atoms with Crippen LogP contribution in [0.2, 0.25) is 0 Å². The van der Waals surface area contributed by atoms with Crippen molar-refractivity contribution < 1.29 is 8.42 Å². The third-order valence-corrected chi connectivity index (χ3v) is 5.88. The van der Waals surface area contributed by atoms with E-state index in [1.54, 1.807) is 18.4 Å². The van der Waals surface area contributed by atoms with Crippen LogP contribution in [0.4, 0.5) is 0 Å². The van der Waals surface area contributed by atoms with Crippen molar-refractivity contribution in [3.8, 4) is 0 Å². The fraction of sp³-hybridized carbons (Fsp3) is 1.00. The van der Waals surface area contributed by atoms with Crippen molar-refractivity contribution in [1.82, 2.24) is 13.5 Å². The van der Waals surface area contributed by atoms with E-state index in [0.717, 1.165) is 19.0 Å². The van der Waals surface area contributed by atoms with Crippen LogP contribution in [0.3, 0.4) is 0 Å². The van der Waals surface area contributed by atoms with Crippen molar-refractivity contribution in [2.24, 2.45) is 5.92 Å². The van der Waals surface area contributed by atoms with Crippen LogP contribution in [0.1, 0.15) is 19.8 Å². The average molecular weight is 261 g/mol. The van der Waals surface area contributed by atoms with Gasteiger partial charge in [-0.05, 0) is 25.7 Å². The standard InChI is InChI=1S/C11H23N3O2S/c1-10(11-4-5-11)13-6-8-14(9-7-13)17(15,16)12(2)3/h10-11H,4-9H2,1-3H3. The summed E-state index contributed by atoms with van der Waals surface area (Å²) in [5.41, 5.74) is 0. The Labute approximate surface area is 105 Å². The van der Waals surface area contributed by atoms with E-state index in [2.05, 4.69) is 11.8 Å². The molecule has 0 aromatic rings. The Bertz CT molecular complexity index is 357. The fourth-order valence-corrected chi connectivity index (χ4v) is 3.54. The molecule has 0 spiro atoms. The Morgan fingerprint density at radius 1 is 1.12 bits per heavy atom. The zero-order valence-electron chi connectivity index (χ0n) is 11.0. The smallest absolute Gasteiger partial charge is 0.281 e. The van der Waals surface area contributed by atoms with Gasteiger partial charge in [0.25, 0.3) is 10.2 Å². The highest BCUT2D eigenvalue weighted by atomic mass is 32.2. The van der Waals surface area contributed by atoms with E-state index in [1.165, 1.54) is 17.1 Å². The van der Waals surface area contributed by atoms with E-state index in [1.807, 2.05) is 0 Å². The van der Waals surface area contributed by atoms with Gasteiger partial charge in [0.15, 0.2) is 0 Å². The van der Waals surface area contributed by atoms with Crippen LogP contribution in [0.15, 0.2) is 0 Å². The Morgan fingerprint density at radius 2 is 1.65 bits per heavy atom. The van der Waals surface area contributed by atoms with Crippen molar-refractivity contribution in [3.05, 3.63) is 0 Å². The van der Waals surface area contributed by atoms with Crippen LogP contribution in [0, 0.1) is 5.92 Å². The maximum Gasteiger partial charge on any atom is 0.281 e. The van der Waals surface area contributed by atoms with E-state index in [0.29, 0.717) is 19.1 Å². The van der Waals surface area contributed by atoms with Gasteiger partial charge in [-0.25, -0.2) is 0 Å². The van der Waals surface area contributed by atoms with Crippen LogP contribution in [-0.4, -0.2) is 68.2 Å². The summed E-state index contributed by atoms with van der Waals surface area (Å²) in [6, 6.07) is 0.624. The van der Waals surface area contributed by atoms with Gasteiger partial charge < -0.3 is 0 Å². The molecule has 0 aromatic carbocycles. The molecule has 1 atom stereocenters. The number of piperazine rings is 1. The van der Waals surface area contributed by atoms with Crippen molar-refractivity contribution in [2.45, 2.75) is 25.8 Å². The van der Waals surface area contributed by atoms with Crippen molar-refractivity contribution in [1.29, 1.82) is 0 Å². The van der Waals surface area contributed by atoms with Gasteiger partial charge in [-0.3, -0.25) is 4.90 Å². The summed E-state index contributed by atoms with van der Waals surface area (Å²) in [4.78, 5) is 2.43. The van der Waals surface area contributed by atoms with Gasteiger partial charge in [0, 0.05) is 46.3 Å². The molecule has 2 rings (SSSR count). The third kappa shape index (κ3) is 2.81. The minimum atomic E-state index is -3.21. The van der Waals surface area contributed by atoms with Crippen LogP contribution >= 0.6 is 0 Å². The molecule has 1 saturated carbocycles. The molecule has 5 nitrogen and oxygen atoms in total. The molecule has 2 fully saturated rings. The van der Waals surface area contributed by atoms with Gasteiger partial charge in [0.05, 0.1) is 0 Å². The molecule has 6 heteroatoms. The minimum Gasteiger partial charge on any atom is -0.298 e. The third-order valence-electron chi connectivity index (χ3n) is 3.94. The fourth-order valence-electron chi connectivity index (χ4n) is 2.45. The molecule has 17 heavy (non-hydrogen) atoms. The molecular formula is C11H23N3O2S. The SMILES string of the molecule is CC(C1CC1)N1CCN(S(=O)(=O)N(C)C)CC1. The van der Waals surface area contributed by atoms with Gasteiger partial charge in [-0.15, -0.1) is 0 Å². The molecule has 1 aliphatic carbocycles. The second-order valence-electron chi connectivity index (χ2n) is 5.30. The predicted octanol–water partition coefficient (Wildman–Crippen LogP) is 0.209. The summed E-state index contributed by atoms with van der Waals surface area (Å²) in [7, 11) is -0.0301. The summed E-state index contributed by atoms with van der Waals surface area (Å²) >= 11 is 0. The number of rotatable bonds is 4. The first-order valence-corrected chi connectivity index (χ1v) is 7.74. The Kier molecular flexibility index (Phi) is 3.77. The molecule has 2 aliphatic rings. The highest BCUT2D eigenvalue weighted by Crippen LogP contribution is 2.35. The topological polar surface area (TPSA) is 43.9 Å². The van der Waals surface area contributed by atoms with E-state index in [4.69, 9.17) is 0 Å². The Hall–Kier alpha value is -0.170. The molecule has 100 valence electrons. The maximum absolute atomic E-state index is 11.9. The van der Waals surface area contributed by atoms with Crippen molar-refractivity contribution >= 4 is 10.2 Å². The van der Waals surface area contributed by atoms with Crippen molar-refractivity contribution in [3.63, 3.8) is 0 Å². The van der Waals surface area contributed by atoms with Gasteiger partial charge in [0.1, 0.15) is 0 Å². The first kappa shape index (κ1) is 13.3. The lowest BCUT2D eigenvalue weighted by Gasteiger charge is -2.38.